The fourth-order valence-corrected chi connectivity index (χ4v) is 3.73. The van der Waals surface area contributed by atoms with Crippen LogP contribution in [0.2, 0.25) is 0 Å². The third kappa shape index (κ3) is 3.33. The molecule has 118 valence electrons. The van der Waals surface area contributed by atoms with E-state index in [1.165, 1.54) is 16.7 Å². The van der Waals surface area contributed by atoms with Gasteiger partial charge < -0.3 is 5.32 Å². The zero-order chi connectivity index (χ0) is 15.7. The van der Waals surface area contributed by atoms with E-state index in [1.54, 1.807) is 0 Å². The van der Waals surface area contributed by atoms with Crippen molar-refractivity contribution < 1.29 is 8.42 Å². The molecule has 2 rings (SSSR count). The maximum atomic E-state index is 12.7. The van der Waals surface area contributed by atoms with Gasteiger partial charge in [0.2, 0.25) is 16.0 Å². The number of rotatable bonds is 4. The van der Waals surface area contributed by atoms with Crippen molar-refractivity contribution in [1.82, 2.24) is 19.2 Å². The van der Waals surface area contributed by atoms with E-state index in [4.69, 9.17) is 0 Å². The van der Waals surface area contributed by atoms with E-state index in [9.17, 15) is 8.42 Å². The van der Waals surface area contributed by atoms with E-state index in [2.05, 4.69) is 20.2 Å². The third-order valence-electron chi connectivity index (χ3n) is 3.88. The Labute approximate surface area is 126 Å². The van der Waals surface area contributed by atoms with Gasteiger partial charge in [0.15, 0.2) is 0 Å². The smallest absolute Gasteiger partial charge is 0.246 e. The maximum absolute atomic E-state index is 12.7. The molecule has 0 atom stereocenters. The van der Waals surface area contributed by atoms with Gasteiger partial charge in [-0.05, 0) is 27.8 Å². The number of aromatic nitrogens is 2. The third-order valence-corrected chi connectivity index (χ3v) is 5.68. The Hall–Kier alpha value is -1.25. The Morgan fingerprint density at radius 1 is 1.29 bits per heavy atom. The molecule has 2 heterocycles. The van der Waals surface area contributed by atoms with E-state index in [0.717, 1.165) is 0 Å². The number of nitrogens with zero attached hydrogens (tertiary/aromatic N) is 4. The van der Waals surface area contributed by atoms with Crippen LogP contribution in [0, 0.1) is 0 Å². The summed E-state index contributed by atoms with van der Waals surface area (Å²) in [5, 5.41) is 2.95. The van der Waals surface area contributed by atoms with Crippen molar-refractivity contribution in [3.63, 3.8) is 0 Å². The molecule has 1 N–H and O–H groups in total. The van der Waals surface area contributed by atoms with E-state index < -0.39 is 10.0 Å². The molecule has 0 bridgehead atoms. The highest BCUT2D eigenvalue weighted by atomic mass is 32.2. The first-order valence-electron chi connectivity index (χ1n) is 7.04. The van der Waals surface area contributed by atoms with Gasteiger partial charge in [-0.3, -0.25) is 4.90 Å². The summed E-state index contributed by atoms with van der Waals surface area (Å²) in [6.45, 7) is 8.36. The van der Waals surface area contributed by atoms with Crippen LogP contribution in [0.1, 0.15) is 20.8 Å². The lowest BCUT2D eigenvalue weighted by Crippen LogP contribution is -2.58. The van der Waals surface area contributed by atoms with Crippen molar-refractivity contribution >= 4 is 16.0 Å². The molecule has 7 nitrogen and oxygen atoms in total. The summed E-state index contributed by atoms with van der Waals surface area (Å²) in [6.07, 6.45) is 2.73. The molecule has 8 heteroatoms. The number of nitrogens with one attached hydrogen (secondary N) is 1. The van der Waals surface area contributed by atoms with Crippen molar-refractivity contribution in [2.24, 2.45) is 0 Å². The summed E-state index contributed by atoms with van der Waals surface area (Å²) in [5.41, 5.74) is -0.185. The molecule has 0 saturated carbocycles. The van der Waals surface area contributed by atoms with Crippen LogP contribution in [0.5, 0.6) is 0 Å². The monoisotopic (exact) mass is 313 g/mol. The number of piperazine rings is 1. The molecule has 0 spiro atoms. The molecule has 0 radical (unpaired) electrons. The van der Waals surface area contributed by atoms with E-state index in [1.807, 2.05) is 27.8 Å². The first kappa shape index (κ1) is 16.1. The highest BCUT2D eigenvalue weighted by Crippen LogP contribution is 2.24. The van der Waals surface area contributed by atoms with Crippen molar-refractivity contribution in [1.29, 1.82) is 0 Å². The number of anilines is 1. The lowest BCUT2D eigenvalue weighted by atomic mass is 10.0. The first-order valence-corrected chi connectivity index (χ1v) is 8.48. The quantitative estimate of drug-likeness (QED) is 0.878. The second-order valence-electron chi connectivity index (χ2n) is 5.85. The minimum absolute atomic E-state index is 0.143. The number of sulfonamides is 1. The molecule has 1 aliphatic heterocycles. The van der Waals surface area contributed by atoms with Crippen molar-refractivity contribution in [3.8, 4) is 0 Å². The van der Waals surface area contributed by atoms with E-state index in [0.29, 0.717) is 32.1 Å². The van der Waals surface area contributed by atoms with Crippen LogP contribution in [0.15, 0.2) is 17.3 Å². The van der Waals surface area contributed by atoms with Crippen molar-refractivity contribution in [2.45, 2.75) is 31.2 Å². The lowest BCUT2D eigenvalue weighted by Gasteiger charge is -2.44. The molecule has 1 fully saturated rings. The van der Waals surface area contributed by atoms with Crippen LogP contribution in [0.25, 0.3) is 0 Å². The topological polar surface area (TPSA) is 78.4 Å². The Balaban J connectivity index is 2.22. The summed E-state index contributed by atoms with van der Waals surface area (Å²) in [4.78, 5) is 10.4. The maximum Gasteiger partial charge on any atom is 0.246 e. The summed E-state index contributed by atoms with van der Waals surface area (Å²) in [7, 11) is -1.52. The molecule has 1 saturated heterocycles. The molecule has 1 aliphatic rings. The Bertz CT molecular complexity index is 585. The molecule has 0 aromatic carbocycles. The van der Waals surface area contributed by atoms with Gasteiger partial charge in [0.25, 0.3) is 0 Å². The van der Waals surface area contributed by atoms with Crippen LogP contribution in [0.4, 0.5) is 5.95 Å². The summed E-state index contributed by atoms with van der Waals surface area (Å²) in [6, 6.07) is 0. The Morgan fingerprint density at radius 2 is 1.90 bits per heavy atom. The van der Waals surface area contributed by atoms with Crippen molar-refractivity contribution in [2.75, 3.05) is 38.5 Å². The molecular formula is C13H23N5O2S. The molecule has 0 aliphatic carbocycles. The van der Waals surface area contributed by atoms with Gasteiger partial charge in [0, 0.05) is 31.7 Å². The minimum Gasteiger partial charge on any atom is -0.355 e. The lowest BCUT2D eigenvalue weighted by molar-refractivity contribution is 0.0801. The van der Waals surface area contributed by atoms with Gasteiger partial charge in [0.05, 0.1) is 12.4 Å². The number of hydrogen-bond donors (Lipinski definition) is 1. The summed E-state index contributed by atoms with van der Waals surface area (Å²) >= 11 is 0. The normalized spacial score (nSPS) is 20.4. The molecule has 21 heavy (non-hydrogen) atoms. The standard InChI is InChI=1S/C13H23N5O2S/c1-5-14-12-15-8-11(9-16-12)21(19,20)18-7-6-17(4)13(2,3)10-18/h8-9H,5-7,10H2,1-4H3,(H,14,15,16). The predicted molar refractivity (Wildman–Crippen MR) is 81.7 cm³/mol. The summed E-state index contributed by atoms with van der Waals surface area (Å²) in [5.74, 6) is 0.440. The van der Waals surface area contributed by atoms with E-state index in [-0.39, 0.29) is 10.4 Å². The van der Waals surface area contributed by atoms with Gasteiger partial charge in [-0.25, -0.2) is 18.4 Å². The average Bonchev–Trinajstić information content (AvgIpc) is 2.42. The fraction of sp³-hybridized carbons (Fsp3) is 0.692. The van der Waals surface area contributed by atoms with E-state index >= 15 is 0 Å². The van der Waals surface area contributed by atoms with Crippen LogP contribution in [0.3, 0.4) is 0 Å². The van der Waals surface area contributed by atoms with Gasteiger partial charge in [-0.1, -0.05) is 0 Å². The Kier molecular flexibility index (Phi) is 4.50. The highest BCUT2D eigenvalue weighted by molar-refractivity contribution is 7.89. The molecule has 1 aromatic rings. The Morgan fingerprint density at radius 3 is 2.43 bits per heavy atom. The van der Waals surface area contributed by atoms with Gasteiger partial charge >= 0.3 is 0 Å². The fourth-order valence-electron chi connectivity index (χ4n) is 2.25. The number of hydrogen-bond acceptors (Lipinski definition) is 6. The van der Waals surface area contributed by atoms with Crippen LogP contribution < -0.4 is 5.32 Å². The molecule has 0 amide bonds. The van der Waals surface area contributed by atoms with Crippen LogP contribution in [-0.4, -0.2) is 66.4 Å². The minimum atomic E-state index is -3.53. The average molecular weight is 313 g/mol. The van der Waals surface area contributed by atoms with Crippen molar-refractivity contribution in [3.05, 3.63) is 12.4 Å². The largest absolute Gasteiger partial charge is 0.355 e. The predicted octanol–water partition coefficient (Wildman–Crippen LogP) is 0.623. The van der Waals surface area contributed by atoms with Crippen LogP contribution >= 0.6 is 0 Å². The molecular weight excluding hydrogens is 290 g/mol. The van der Waals surface area contributed by atoms with Gasteiger partial charge in [0.1, 0.15) is 4.90 Å². The number of likely N-dealkylation sites (N-methyl/N-ethyl adjacent to an activating group) is 1. The zero-order valence-corrected chi connectivity index (χ0v) is 13.8. The second kappa shape index (κ2) is 5.86. The SMILES string of the molecule is CCNc1ncc(S(=O)(=O)N2CCN(C)C(C)(C)C2)cn1. The summed E-state index contributed by atoms with van der Waals surface area (Å²) < 4.78 is 26.8. The van der Waals surface area contributed by atoms with Crippen LogP contribution in [-0.2, 0) is 10.0 Å². The van der Waals surface area contributed by atoms with Gasteiger partial charge in [-0.2, -0.15) is 4.31 Å². The molecule has 1 aromatic heterocycles. The zero-order valence-electron chi connectivity index (χ0n) is 13.0. The second-order valence-corrected chi connectivity index (χ2v) is 7.78. The first-order chi connectivity index (χ1) is 9.77. The highest BCUT2D eigenvalue weighted by Gasteiger charge is 2.37. The molecule has 0 unspecified atom stereocenters. The van der Waals surface area contributed by atoms with Gasteiger partial charge in [-0.15, -0.1) is 0 Å².